The third-order valence-corrected chi connectivity index (χ3v) is 4.08. The number of piperidine rings is 1. The van der Waals surface area contributed by atoms with Crippen molar-refractivity contribution in [1.29, 1.82) is 0 Å². The topological polar surface area (TPSA) is 58.3 Å². The minimum atomic E-state index is -4.58. The van der Waals surface area contributed by atoms with E-state index in [2.05, 4.69) is 39.4 Å². The first-order chi connectivity index (χ1) is 11.3. The number of likely N-dealkylation sites (tertiary alicyclic amines) is 1. The van der Waals surface area contributed by atoms with E-state index >= 15 is 0 Å². The van der Waals surface area contributed by atoms with Crippen LogP contribution in [-0.4, -0.2) is 50.4 Å². The Bertz CT molecular complexity index is 688. The van der Waals surface area contributed by atoms with E-state index in [4.69, 9.17) is 0 Å². The van der Waals surface area contributed by atoms with Crippen LogP contribution in [0.5, 0.6) is 0 Å². The second kappa shape index (κ2) is 6.54. The molecule has 3 heterocycles. The molecule has 3 rings (SSSR count). The largest absolute Gasteiger partial charge is 0.453 e. The average Bonchev–Trinajstić information content (AvgIpc) is 2.92. The number of nitrogens with zero attached hydrogens (tertiary/aromatic N) is 5. The summed E-state index contributed by atoms with van der Waals surface area (Å²) in [5.74, 6) is -0.0591. The highest BCUT2D eigenvalue weighted by molar-refractivity contribution is 5.44. The van der Waals surface area contributed by atoms with Gasteiger partial charge in [-0.2, -0.15) is 17.7 Å². The van der Waals surface area contributed by atoms with Crippen molar-refractivity contribution in [2.24, 2.45) is 5.92 Å². The Morgan fingerprint density at radius 1 is 1.21 bits per heavy atom. The minimum absolute atomic E-state index is 0.0830. The molecule has 0 amide bonds. The Morgan fingerprint density at radius 3 is 2.54 bits per heavy atom. The lowest BCUT2D eigenvalue weighted by atomic mass is 10.0. The molecule has 0 atom stereocenters. The first-order valence-corrected chi connectivity index (χ1v) is 8.11. The number of aromatic nitrogens is 4. The molecule has 1 aliphatic rings. The van der Waals surface area contributed by atoms with Crippen molar-refractivity contribution >= 4 is 11.5 Å². The number of halogens is 3. The lowest BCUT2D eigenvalue weighted by Gasteiger charge is -2.33. The molecule has 0 radical (unpaired) electrons. The molecule has 0 spiro atoms. The zero-order valence-electron chi connectivity index (χ0n) is 13.7. The summed E-state index contributed by atoms with van der Waals surface area (Å²) in [7, 11) is 0. The quantitative estimate of drug-likeness (QED) is 0.926. The molecule has 2 aromatic heterocycles. The maximum absolute atomic E-state index is 12.9. The Morgan fingerprint density at radius 2 is 1.92 bits per heavy atom. The molecule has 0 saturated carbocycles. The number of fused-ring (bicyclic) bond motifs is 1. The van der Waals surface area contributed by atoms with Gasteiger partial charge in [0.1, 0.15) is 5.82 Å². The highest BCUT2D eigenvalue weighted by Crippen LogP contribution is 2.27. The van der Waals surface area contributed by atoms with E-state index < -0.39 is 12.0 Å². The van der Waals surface area contributed by atoms with Crippen molar-refractivity contribution in [3.63, 3.8) is 0 Å². The van der Waals surface area contributed by atoms with E-state index in [0.29, 0.717) is 11.7 Å². The van der Waals surface area contributed by atoms with Gasteiger partial charge < -0.3 is 10.2 Å². The third-order valence-electron chi connectivity index (χ3n) is 4.08. The summed E-state index contributed by atoms with van der Waals surface area (Å²) in [4.78, 5) is 2.42. The second-order valence-electron chi connectivity index (χ2n) is 6.62. The molecule has 1 aliphatic heterocycles. The Kier molecular flexibility index (Phi) is 4.62. The van der Waals surface area contributed by atoms with Gasteiger partial charge in [0.05, 0.1) is 0 Å². The highest BCUT2D eigenvalue weighted by atomic mass is 19.4. The van der Waals surface area contributed by atoms with Crippen LogP contribution in [-0.2, 0) is 6.18 Å². The summed E-state index contributed by atoms with van der Waals surface area (Å²) in [6, 6.07) is 3.35. The summed E-state index contributed by atoms with van der Waals surface area (Å²) in [6.45, 7) is 7.44. The smallest absolute Gasteiger partial charge is 0.366 e. The fraction of sp³-hybridized carbons (Fsp3) is 0.667. The van der Waals surface area contributed by atoms with Crippen LogP contribution in [0, 0.1) is 5.92 Å². The van der Waals surface area contributed by atoms with Crippen molar-refractivity contribution in [3.8, 4) is 0 Å². The zero-order valence-corrected chi connectivity index (χ0v) is 13.7. The second-order valence-corrected chi connectivity index (χ2v) is 6.62. The molecular weight excluding hydrogens is 321 g/mol. The van der Waals surface area contributed by atoms with Crippen molar-refractivity contribution in [2.75, 3.05) is 25.0 Å². The molecule has 1 fully saturated rings. The van der Waals surface area contributed by atoms with Crippen LogP contribution in [0.1, 0.15) is 32.5 Å². The van der Waals surface area contributed by atoms with Gasteiger partial charge >= 0.3 is 6.18 Å². The standard InChI is InChI=1S/C15H21F3N6/c1-10(2)9-23-7-5-11(6-8-23)19-12-3-4-13-20-21-14(15(16,17)18)24(13)22-12/h3-4,10-11H,5-9H2,1-2H3,(H,19,22). The minimum Gasteiger partial charge on any atom is -0.366 e. The molecule has 1 saturated heterocycles. The van der Waals surface area contributed by atoms with E-state index in [-0.39, 0.29) is 11.7 Å². The molecule has 24 heavy (non-hydrogen) atoms. The van der Waals surface area contributed by atoms with Crippen LogP contribution in [0.25, 0.3) is 5.65 Å². The average molecular weight is 342 g/mol. The number of rotatable bonds is 4. The SMILES string of the molecule is CC(C)CN1CCC(Nc2ccc3nnc(C(F)(F)F)n3n2)CC1. The van der Waals surface area contributed by atoms with Gasteiger partial charge in [0.25, 0.3) is 5.82 Å². The Hall–Kier alpha value is -1.90. The van der Waals surface area contributed by atoms with Gasteiger partial charge in [-0.15, -0.1) is 15.3 Å². The van der Waals surface area contributed by atoms with E-state index in [1.807, 2.05) is 0 Å². The lowest BCUT2D eigenvalue weighted by Crippen LogP contribution is -2.40. The number of hydrogen-bond donors (Lipinski definition) is 1. The molecule has 0 unspecified atom stereocenters. The molecular formula is C15H21F3N6. The summed E-state index contributed by atoms with van der Waals surface area (Å²) in [5.41, 5.74) is 0.0830. The van der Waals surface area contributed by atoms with E-state index in [9.17, 15) is 13.2 Å². The summed E-state index contributed by atoms with van der Waals surface area (Å²) in [6.07, 6.45) is -2.69. The van der Waals surface area contributed by atoms with E-state index in [1.165, 1.54) is 6.07 Å². The summed E-state index contributed by atoms with van der Waals surface area (Å²) in [5, 5.41) is 13.9. The fourth-order valence-corrected chi connectivity index (χ4v) is 3.03. The zero-order chi connectivity index (χ0) is 17.3. The highest BCUT2D eigenvalue weighted by Gasteiger charge is 2.37. The van der Waals surface area contributed by atoms with E-state index in [1.54, 1.807) is 6.07 Å². The molecule has 0 bridgehead atoms. The fourth-order valence-electron chi connectivity index (χ4n) is 3.03. The Labute approximate surface area is 138 Å². The summed E-state index contributed by atoms with van der Waals surface area (Å²) >= 11 is 0. The van der Waals surface area contributed by atoms with Crippen LogP contribution < -0.4 is 5.32 Å². The van der Waals surface area contributed by atoms with Gasteiger partial charge in [0.2, 0.25) is 0 Å². The molecule has 0 aliphatic carbocycles. The molecule has 2 aromatic rings. The molecule has 6 nitrogen and oxygen atoms in total. The van der Waals surface area contributed by atoms with Crippen LogP contribution in [0.4, 0.5) is 19.0 Å². The van der Waals surface area contributed by atoms with Gasteiger partial charge in [-0.1, -0.05) is 13.8 Å². The number of anilines is 1. The molecule has 132 valence electrons. The van der Waals surface area contributed by atoms with Crippen LogP contribution in [0.3, 0.4) is 0 Å². The van der Waals surface area contributed by atoms with Gasteiger partial charge in [-0.3, -0.25) is 0 Å². The van der Waals surface area contributed by atoms with Gasteiger partial charge in [0, 0.05) is 25.7 Å². The third kappa shape index (κ3) is 3.77. The predicted molar refractivity (Wildman–Crippen MR) is 83.7 cm³/mol. The number of hydrogen-bond acceptors (Lipinski definition) is 5. The van der Waals surface area contributed by atoms with Crippen molar-refractivity contribution < 1.29 is 13.2 Å². The predicted octanol–water partition coefficient (Wildman–Crippen LogP) is 2.68. The van der Waals surface area contributed by atoms with Gasteiger partial charge in [0.15, 0.2) is 5.65 Å². The monoisotopic (exact) mass is 342 g/mol. The van der Waals surface area contributed by atoms with Crippen LogP contribution >= 0.6 is 0 Å². The molecule has 1 N–H and O–H groups in total. The molecule has 9 heteroatoms. The summed E-state index contributed by atoms with van der Waals surface area (Å²) < 4.78 is 39.4. The van der Waals surface area contributed by atoms with Crippen molar-refractivity contribution in [1.82, 2.24) is 24.7 Å². The first-order valence-electron chi connectivity index (χ1n) is 8.11. The van der Waals surface area contributed by atoms with Crippen molar-refractivity contribution in [2.45, 2.75) is 38.9 Å². The van der Waals surface area contributed by atoms with Crippen molar-refractivity contribution in [3.05, 3.63) is 18.0 Å². The maximum atomic E-state index is 12.9. The van der Waals surface area contributed by atoms with Crippen LogP contribution in [0.15, 0.2) is 12.1 Å². The van der Waals surface area contributed by atoms with Gasteiger partial charge in [-0.25, -0.2) is 0 Å². The van der Waals surface area contributed by atoms with Gasteiger partial charge in [-0.05, 0) is 30.9 Å². The van der Waals surface area contributed by atoms with Crippen LogP contribution in [0.2, 0.25) is 0 Å². The number of nitrogens with one attached hydrogen (secondary N) is 1. The number of alkyl halides is 3. The molecule has 0 aromatic carbocycles. The lowest BCUT2D eigenvalue weighted by molar-refractivity contribution is -0.146. The normalized spacial score (nSPS) is 17.8. The first kappa shape index (κ1) is 16.9. The Balaban J connectivity index is 1.68. The van der Waals surface area contributed by atoms with E-state index in [0.717, 1.165) is 37.0 Å². The maximum Gasteiger partial charge on any atom is 0.453 e.